The minimum absolute atomic E-state index is 0.0524. The number of halogens is 2. The van der Waals surface area contributed by atoms with Gasteiger partial charge in [0.15, 0.2) is 11.8 Å². The standard InChI is InChI=1S/C16H20F2N6/c1-2-19-16(20-9-11-8-12(17)5-6-13(11)18)21-10-15-23-22-14-4-3-7-24(14)15/h5-6,8H,2-4,7,9-10H2,1H3,(H2,19,20,21). The number of hydrogen-bond donors (Lipinski definition) is 2. The van der Waals surface area contributed by atoms with E-state index in [0.717, 1.165) is 49.2 Å². The molecule has 0 fully saturated rings. The number of fused-ring (bicyclic) bond motifs is 1. The maximum absolute atomic E-state index is 13.7. The zero-order valence-corrected chi connectivity index (χ0v) is 13.5. The fourth-order valence-electron chi connectivity index (χ4n) is 2.67. The van der Waals surface area contributed by atoms with Gasteiger partial charge in [0.2, 0.25) is 0 Å². The predicted molar refractivity (Wildman–Crippen MR) is 86.4 cm³/mol. The quantitative estimate of drug-likeness (QED) is 0.646. The predicted octanol–water partition coefficient (Wildman–Crippen LogP) is 1.76. The molecule has 3 rings (SSSR count). The van der Waals surface area contributed by atoms with Gasteiger partial charge in [-0.2, -0.15) is 0 Å². The number of rotatable bonds is 5. The Balaban J connectivity index is 1.66. The fraction of sp³-hybridized carbons (Fsp3) is 0.438. The van der Waals surface area contributed by atoms with Crippen molar-refractivity contribution in [3.8, 4) is 0 Å². The van der Waals surface area contributed by atoms with Crippen molar-refractivity contribution in [2.45, 2.75) is 39.4 Å². The average Bonchev–Trinajstić information content (AvgIpc) is 3.17. The van der Waals surface area contributed by atoms with Crippen molar-refractivity contribution in [2.24, 2.45) is 4.99 Å². The molecule has 6 nitrogen and oxygen atoms in total. The van der Waals surface area contributed by atoms with Gasteiger partial charge in [-0.1, -0.05) is 0 Å². The topological polar surface area (TPSA) is 67.1 Å². The van der Waals surface area contributed by atoms with Gasteiger partial charge in [0.05, 0.1) is 13.1 Å². The molecule has 24 heavy (non-hydrogen) atoms. The lowest BCUT2D eigenvalue weighted by Crippen LogP contribution is -2.37. The van der Waals surface area contributed by atoms with E-state index in [2.05, 4.69) is 30.4 Å². The van der Waals surface area contributed by atoms with Gasteiger partial charge < -0.3 is 15.2 Å². The molecule has 0 saturated heterocycles. The summed E-state index contributed by atoms with van der Waals surface area (Å²) in [6.45, 7) is 4.06. The van der Waals surface area contributed by atoms with E-state index in [4.69, 9.17) is 0 Å². The number of nitrogens with zero attached hydrogens (tertiary/aromatic N) is 4. The molecule has 0 atom stereocenters. The van der Waals surface area contributed by atoms with Crippen molar-refractivity contribution in [1.82, 2.24) is 25.4 Å². The highest BCUT2D eigenvalue weighted by atomic mass is 19.1. The van der Waals surface area contributed by atoms with E-state index in [1.54, 1.807) is 0 Å². The fourth-order valence-corrected chi connectivity index (χ4v) is 2.67. The molecule has 2 N–H and O–H groups in total. The second kappa shape index (κ2) is 7.37. The largest absolute Gasteiger partial charge is 0.357 e. The number of hydrogen-bond acceptors (Lipinski definition) is 3. The summed E-state index contributed by atoms with van der Waals surface area (Å²) in [5.41, 5.74) is 0.218. The molecule has 0 radical (unpaired) electrons. The van der Waals surface area contributed by atoms with Crippen LogP contribution in [0.5, 0.6) is 0 Å². The van der Waals surface area contributed by atoms with Crippen LogP contribution in [0.1, 0.15) is 30.6 Å². The third-order valence-corrected chi connectivity index (χ3v) is 3.86. The first-order valence-electron chi connectivity index (χ1n) is 8.04. The molecule has 2 heterocycles. The molecule has 2 aromatic rings. The molecule has 1 aliphatic rings. The Morgan fingerprint density at radius 2 is 2.17 bits per heavy atom. The van der Waals surface area contributed by atoms with Gasteiger partial charge in [-0.15, -0.1) is 10.2 Å². The Hall–Kier alpha value is -2.51. The van der Waals surface area contributed by atoms with Gasteiger partial charge >= 0.3 is 0 Å². The molecule has 1 aliphatic heterocycles. The number of benzene rings is 1. The molecule has 128 valence electrons. The molecule has 0 aliphatic carbocycles. The second-order valence-corrected chi connectivity index (χ2v) is 5.57. The third-order valence-electron chi connectivity index (χ3n) is 3.86. The van der Waals surface area contributed by atoms with Crippen LogP contribution >= 0.6 is 0 Å². The third kappa shape index (κ3) is 3.69. The van der Waals surface area contributed by atoms with Gasteiger partial charge in [0.1, 0.15) is 17.5 Å². The Bertz CT molecular complexity index is 740. The molecule has 0 bridgehead atoms. The average molecular weight is 334 g/mol. The van der Waals surface area contributed by atoms with Crippen molar-refractivity contribution >= 4 is 5.96 Å². The van der Waals surface area contributed by atoms with E-state index in [0.29, 0.717) is 19.0 Å². The molecular weight excluding hydrogens is 314 g/mol. The van der Waals surface area contributed by atoms with Crippen molar-refractivity contribution in [2.75, 3.05) is 6.54 Å². The van der Waals surface area contributed by atoms with E-state index in [1.807, 2.05) is 6.92 Å². The monoisotopic (exact) mass is 334 g/mol. The van der Waals surface area contributed by atoms with Crippen molar-refractivity contribution in [3.05, 3.63) is 47.0 Å². The lowest BCUT2D eigenvalue weighted by atomic mass is 10.2. The van der Waals surface area contributed by atoms with Gasteiger partial charge in [0, 0.05) is 25.1 Å². The summed E-state index contributed by atoms with van der Waals surface area (Å²) in [5.74, 6) is 1.45. The maximum Gasteiger partial charge on any atom is 0.191 e. The highest BCUT2D eigenvalue weighted by molar-refractivity contribution is 5.79. The minimum Gasteiger partial charge on any atom is -0.357 e. The highest BCUT2D eigenvalue weighted by Gasteiger charge is 2.17. The summed E-state index contributed by atoms with van der Waals surface area (Å²) >= 11 is 0. The van der Waals surface area contributed by atoms with Crippen LogP contribution in [0.2, 0.25) is 0 Å². The molecule has 0 spiro atoms. The molecule has 1 aromatic heterocycles. The Morgan fingerprint density at radius 1 is 1.29 bits per heavy atom. The molecule has 8 heteroatoms. The van der Waals surface area contributed by atoms with Gasteiger partial charge in [-0.3, -0.25) is 0 Å². The van der Waals surface area contributed by atoms with Crippen LogP contribution in [0.15, 0.2) is 23.2 Å². The van der Waals surface area contributed by atoms with Gasteiger partial charge in [0.25, 0.3) is 0 Å². The van der Waals surface area contributed by atoms with E-state index < -0.39 is 11.6 Å². The summed E-state index contributed by atoms with van der Waals surface area (Å²) < 4.78 is 29.0. The van der Waals surface area contributed by atoms with Crippen LogP contribution in [0.3, 0.4) is 0 Å². The van der Waals surface area contributed by atoms with Crippen LogP contribution in [0.4, 0.5) is 8.78 Å². The Kier molecular flexibility index (Phi) is 5.02. The first-order valence-corrected chi connectivity index (χ1v) is 8.04. The number of guanidine groups is 1. The van der Waals surface area contributed by atoms with Crippen LogP contribution in [0, 0.1) is 11.6 Å². The molecule has 0 amide bonds. The van der Waals surface area contributed by atoms with E-state index in [1.165, 1.54) is 0 Å². The van der Waals surface area contributed by atoms with E-state index in [-0.39, 0.29) is 12.1 Å². The summed E-state index contributed by atoms with van der Waals surface area (Å²) in [4.78, 5) is 4.31. The van der Waals surface area contributed by atoms with Crippen LogP contribution in [-0.4, -0.2) is 27.3 Å². The smallest absolute Gasteiger partial charge is 0.191 e. The van der Waals surface area contributed by atoms with Crippen LogP contribution < -0.4 is 10.6 Å². The first kappa shape index (κ1) is 16.4. The molecule has 0 unspecified atom stereocenters. The van der Waals surface area contributed by atoms with Gasteiger partial charge in [-0.05, 0) is 31.5 Å². The lowest BCUT2D eigenvalue weighted by molar-refractivity contribution is 0.585. The van der Waals surface area contributed by atoms with Gasteiger partial charge in [-0.25, -0.2) is 13.8 Å². The lowest BCUT2D eigenvalue weighted by Gasteiger charge is -2.11. The number of nitrogens with one attached hydrogen (secondary N) is 2. The number of aryl methyl sites for hydroxylation is 1. The second-order valence-electron chi connectivity index (χ2n) is 5.57. The van der Waals surface area contributed by atoms with Crippen molar-refractivity contribution < 1.29 is 8.78 Å². The van der Waals surface area contributed by atoms with Crippen molar-refractivity contribution in [1.29, 1.82) is 0 Å². The number of aromatic nitrogens is 3. The van der Waals surface area contributed by atoms with E-state index in [9.17, 15) is 8.78 Å². The number of aliphatic imine (C=N–C) groups is 1. The SMILES string of the molecule is CCNC(=NCc1cc(F)ccc1F)NCc1nnc2n1CCC2. The van der Waals surface area contributed by atoms with Crippen LogP contribution in [-0.2, 0) is 26.1 Å². The van der Waals surface area contributed by atoms with E-state index >= 15 is 0 Å². The van der Waals surface area contributed by atoms with Crippen molar-refractivity contribution in [3.63, 3.8) is 0 Å². The zero-order valence-electron chi connectivity index (χ0n) is 13.5. The summed E-state index contributed by atoms with van der Waals surface area (Å²) in [6.07, 6.45) is 2.05. The zero-order chi connectivity index (χ0) is 16.9. The summed E-state index contributed by atoms with van der Waals surface area (Å²) in [5, 5.41) is 14.6. The minimum atomic E-state index is -0.474. The molecule has 1 aromatic carbocycles. The Morgan fingerprint density at radius 3 is 3.00 bits per heavy atom. The highest BCUT2D eigenvalue weighted by Crippen LogP contribution is 2.14. The normalized spacial score (nSPS) is 13.9. The first-order chi connectivity index (χ1) is 11.7. The Labute approximate surface area is 139 Å². The summed E-state index contributed by atoms with van der Waals surface area (Å²) in [6, 6.07) is 3.37. The summed E-state index contributed by atoms with van der Waals surface area (Å²) in [7, 11) is 0. The molecular formula is C16H20F2N6. The molecule has 0 saturated carbocycles. The maximum atomic E-state index is 13.7. The van der Waals surface area contributed by atoms with Crippen LogP contribution in [0.25, 0.3) is 0 Å².